The molecular weight excluding hydrogens is 390 g/mol. The number of halogens is 1. The number of hydrogen-bond donors (Lipinski definition) is 1. The number of aryl methyl sites for hydroxylation is 1. The van der Waals surface area contributed by atoms with Crippen molar-refractivity contribution in [3.63, 3.8) is 0 Å². The first-order valence-electron chi connectivity index (χ1n) is 7.27. The van der Waals surface area contributed by atoms with Crippen LogP contribution >= 0.6 is 15.9 Å². The molecule has 0 fully saturated rings. The second-order valence-corrected chi connectivity index (χ2v) is 7.88. The van der Waals surface area contributed by atoms with E-state index in [-0.39, 0.29) is 4.90 Å². The molecule has 0 unspecified atom stereocenters. The highest BCUT2D eigenvalue weighted by atomic mass is 79.9. The van der Waals surface area contributed by atoms with E-state index in [4.69, 9.17) is 4.74 Å². The minimum atomic E-state index is -3.73. The second-order valence-electron chi connectivity index (χ2n) is 5.38. The van der Waals surface area contributed by atoms with Crippen LogP contribution in [0.4, 0.5) is 5.69 Å². The van der Waals surface area contributed by atoms with Crippen molar-refractivity contribution in [2.75, 3.05) is 11.8 Å². The zero-order chi connectivity index (χ0) is 17.3. The minimum Gasteiger partial charge on any atom is -0.497 e. The van der Waals surface area contributed by atoms with Crippen LogP contribution in [0.5, 0.6) is 5.75 Å². The predicted octanol–water partition coefficient (Wildman–Crippen LogP) is 4.72. The van der Waals surface area contributed by atoms with Gasteiger partial charge in [0.2, 0.25) is 0 Å². The van der Waals surface area contributed by atoms with Gasteiger partial charge in [0.25, 0.3) is 10.0 Å². The number of fused-ring (bicyclic) bond motifs is 1. The Morgan fingerprint density at radius 3 is 2.42 bits per heavy atom. The summed E-state index contributed by atoms with van der Waals surface area (Å²) in [7, 11) is -2.18. The van der Waals surface area contributed by atoms with Crippen molar-refractivity contribution in [3.05, 3.63) is 64.6 Å². The van der Waals surface area contributed by atoms with Crippen molar-refractivity contribution in [3.8, 4) is 5.75 Å². The Labute approximate surface area is 149 Å². The summed E-state index contributed by atoms with van der Waals surface area (Å²) in [4.78, 5) is 0.239. The molecule has 0 atom stereocenters. The lowest BCUT2D eigenvalue weighted by molar-refractivity contribution is 0.415. The average molecular weight is 406 g/mol. The summed E-state index contributed by atoms with van der Waals surface area (Å²) in [6, 6.07) is 16.0. The first-order chi connectivity index (χ1) is 11.4. The van der Waals surface area contributed by atoms with E-state index in [2.05, 4.69) is 20.7 Å². The molecule has 3 aromatic carbocycles. The topological polar surface area (TPSA) is 55.4 Å². The van der Waals surface area contributed by atoms with Gasteiger partial charge in [-0.05, 0) is 36.1 Å². The molecule has 0 aliphatic rings. The standard InChI is InChI=1S/C18H16BrNO3S/c1-12-7-8-13(23-2)11-17(12)20-24(21,22)18-10-9-16(19)14-5-3-4-6-15(14)18/h3-11,20H,1-2H3. The highest BCUT2D eigenvalue weighted by Gasteiger charge is 2.19. The van der Waals surface area contributed by atoms with E-state index in [1.165, 1.54) is 0 Å². The van der Waals surface area contributed by atoms with Crippen LogP contribution in [0.25, 0.3) is 10.8 Å². The first kappa shape index (κ1) is 16.8. The Morgan fingerprint density at radius 2 is 1.71 bits per heavy atom. The van der Waals surface area contributed by atoms with Gasteiger partial charge in [-0.1, -0.05) is 46.3 Å². The third-order valence-corrected chi connectivity index (χ3v) is 5.92. The zero-order valence-electron chi connectivity index (χ0n) is 13.2. The fourth-order valence-corrected chi connectivity index (χ4v) is 4.32. The number of anilines is 1. The number of hydrogen-bond acceptors (Lipinski definition) is 3. The summed E-state index contributed by atoms with van der Waals surface area (Å²) >= 11 is 3.46. The van der Waals surface area contributed by atoms with Crippen molar-refractivity contribution in [1.29, 1.82) is 0 Å². The predicted molar refractivity (Wildman–Crippen MR) is 100 cm³/mol. The first-order valence-corrected chi connectivity index (χ1v) is 9.55. The lowest BCUT2D eigenvalue weighted by Crippen LogP contribution is -2.14. The largest absolute Gasteiger partial charge is 0.497 e. The van der Waals surface area contributed by atoms with E-state index in [1.54, 1.807) is 37.4 Å². The highest BCUT2D eigenvalue weighted by molar-refractivity contribution is 9.10. The third kappa shape index (κ3) is 3.12. The van der Waals surface area contributed by atoms with Crippen molar-refractivity contribution in [2.24, 2.45) is 0 Å². The van der Waals surface area contributed by atoms with Gasteiger partial charge >= 0.3 is 0 Å². The van der Waals surface area contributed by atoms with E-state index in [0.717, 1.165) is 15.4 Å². The molecule has 0 spiro atoms. The lowest BCUT2D eigenvalue weighted by atomic mass is 10.1. The molecule has 0 saturated heterocycles. The molecule has 4 nitrogen and oxygen atoms in total. The van der Waals surface area contributed by atoms with Crippen molar-refractivity contribution < 1.29 is 13.2 Å². The van der Waals surface area contributed by atoms with Crippen LogP contribution in [0.1, 0.15) is 5.56 Å². The van der Waals surface area contributed by atoms with Gasteiger partial charge in [0, 0.05) is 15.9 Å². The average Bonchev–Trinajstić information content (AvgIpc) is 2.57. The molecule has 0 saturated carbocycles. The number of sulfonamides is 1. The SMILES string of the molecule is COc1ccc(C)c(NS(=O)(=O)c2ccc(Br)c3ccccc23)c1. The summed E-state index contributed by atoms with van der Waals surface area (Å²) in [5.41, 5.74) is 1.32. The van der Waals surface area contributed by atoms with Crippen LogP contribution in [0.15, 0.2) is 64.0 Å². The zero-order valence-corrected chi connectivity index (χ0v) is 15.6. The Hall–Kier alpha value is -2.05. The Morgan fingerprint density at radius 1 is 1.00 bits per heavy atom. The van der Waals surface area contributed by atoms with Crippen molar-refractivity contribution >= 4 is 42.4 Å². The Kier molecular flexibility index (Phi) is 4.51. The molecule has 0 amide bonds. The molecule has 0 aliphatic heterocycles. The summed E-state index contributed by atoms with van der Waals surface area (Å²) in [6.07, 6.45) is 0. The molecule has 0 aromatic heterocycles. The minimum absolute atomic E-state index is 0.239. The van der Waals surface area contributed by atoms with Crippen molar-refractivity contribution in [1.82, 2.24) is 0 Å². The van der Waals surface area contributed by atoms with Crippen LogP contribution in [-0.2, 0) is 10.0 Å². The van der Waals surface area contributed by atoms with E-state index in [1.807, 2.05) is 31.2 Å². The van der Waals surface area contributed by atoms with Gasteiger partial charge in [-0.25, -0.2) is 8.42 Å². The normalized spacial score (nSPS) is 11.5. The summed E-state index contributed by atoms with van der Waals surface area (Å²) in [5.74, 6) is 0.596. The molecule has 0 bridgehead atoms. The maximum Gasteiger partial charge on any atom is 0.262 e. The highest BCUT2D eigenvalue weighted by Crippen LogP contribution is 2.31. The molecule has 1 N–H and O–H groups in total. The number of rotatable bonds is 4. The van der Waals surface area contributed by atoms with Crippen LogP contribution in [-0.4, -0.2) is 15.5 Å². The van der Waals surface area contributed by atoms with Gasteiger partial charge in [-0.15, -0.1) is 0 Å². The molecule has 24 heavy (non-hydrogen) atoms. The third-order valence-electron chi connectivity index (χ3n) is 3.81. The number of ether oxygens (including phenoxy) is 1. The lowest BCUT2D eigenvalue weighted by Gasteiger charge is -2.14. The van der Waals surface area contributed by atoms with Crippen molar-refractivity contribution in [2.45, 2.75) is 11.8 Å². The van der Waals surface area contributed by atoms with Gasteiger partial charge < -0.3 is 4.74 Å². The van der Waals surface area contributed by atoms with Gasteiger partial charge in [-0.3, -0.25) is 4.72 Å². The van der Waals surface area contributed by atoms with Crippen LogP contribution in [0.2, 0.25) is 0 Å². The number of nitrogens with one attached hydrogen (secondary N) is 1. The number of methoxy groups -OCH3 is 1. The van der Waals surface area contributed by atoms with Crippen LogP contribution in [0, 0.1) is 6.92 Å². The molecule has 124 valence electrons. The summed E-state index contributed by atoms with van der Waals surface area (Å²) < 4.78 is 34.5. The summed E-state index contributed by atoms with van der Waals surface area (Å²) in [6.45, 7) is 1.84. The molecule has 0 heterocycles. The Balaban J connectivity index is 2.11. The van der Waals surface area contributed by atoms with E-state index >= 15 is 0 Å². The van der Waals surface area contributed by atoms with E-state index in [0.29, 0.717) is 16.8 Å². The fraction of sp³-hybridized carbons (Fsp3) is 0.111. The smallest absolute Gasteiger partial charge is 0.262 e. The van der Waals surface area contributed by atoms with Crippen LogP contribution in [0.3, 0.4) is 0 Å². The molecule has 3 aromatic rings. The Bertz CT molecular complexity index is 1020. The monoisotopic (exact) mass is 405 g/mol. The van der Waals surface area contributed by atoms with Crippen LogP contribution < -0.4 is 9.46 Å². The van der Waals surface area contributed by atoms with Gasteiger partial charge in [0.15, 0.2) is 0 Å². The maximum absolute atomic E-state index is 12.9. The fourth-order valence-electron chi connectivity index (χ4n) is 2.51. The molecule has 6 heteroatoms. The molecule has 0 radical (unpaired) electrons. The van der Waals surface area contributed by atoms with E-state index < -0.39 is 10.0 Å². The summed E-state index contributed by atoms with van der Waals surface area (Å²) in [5, 5.41) is 1.52. The number of benzene rings is 3. The molecule has 0 aliphatic carbocycles. The van der Waals surface area contributed by atoms with Gasteiger partial charge in [0.1, 0.15) is 5.75 Å². The molecular formula is C18H16BrNO3S. The molecule has 3 rings (SSSR count). The quantitative estimate of drug-likeness (QED) is 0.682. The van der Waals surface area contributed by atoms with E-state index in [9.17, 15) is 8.42 Å². The maximum atomic E-state index is 12.9. The second kappa shape index (κ2) is 6.45. The van der Waals surface area contributed by atoms with Gasteiger partial charge in [0.05, 0.1) is 17.7 Å². The van der Waals surface area contributed by atoms with Gasteiger partial charge in [-0.2, -0.15) is 0 Å².